The molecule has 0 unspecified atom stereocenters. The summed E-state index contributed by atoms with van der Waals surface area (Å²) in [7, 11) is 4.12. The Morgan fingerprint density at radius 1 is 1.07 bits per heavy atom. The van der Waals surface area contributed by atoms with Gasteiger partial charge in [-0.1, -0.05) is 18.2 Å². The monoisotopic (exact) mass is 415 g/mol. The van der Waals surface area contributed by atoms with Crippen molar-refractivity contribution in [1.29, 1.82) is 0 Å². The molecular weight excluding hydrogens is 390 g/mol. The van der Waals surface area contributed by atoms with Crippen LogP contribution >= 0.6 is 0 Å². The van der Waals surface area contributed by atoms with Gasteiger partial charge in [-0.3, -0.25) is 9.78 Å². The first-order chi connectivity index (χ1) is 14.2. The molecule has 9 nitrogen and oxygen atoms in total. The van der Waals surface area contributed by atoms with E-state index < -0.39 is 0 Å². The fourth-order valence-corrected chi connectivity index (χ4v) is 2.48. The Kier molecular flexibility index (Phi) is 10.3. The predicted octanol–water partition coefficient (Wildman–Crippen LogP) is 1.56. The molecule has 0 fully saturated rings. The van der Waals surface area contributed by atoms with Gasteiger partial charge in [-0.05, 0) is 35.9 Å². The van der Waals surface area contributed by atoms with E-state index in [1.807, 2.05) is 24.3 Å². The van der Waals surface area contributed by atoms with E-state index in [9.17, 15) is 4.79 Å². The zero-order valence-corrected chi connectivity index (χ0v) is 17.0. The summed E-state index contributed by atoms with van der Waals surface area (Å²) in [6.45, 7) is -0.168. The molecule has 0 radical (unpaired) electrons. The van der Waals surface area contributed by atoms with E-state index >= 15 is 0 Å². The first-order valence-electron chi connectivity index (χ1n) is 8.66. The molecule has 1 aromatic heterocycles. The molecule has 9 heteroatoms. The van der Waals surface area contributed by atoms with Crippen LogP contribution in [0.5, 0.6) is 17.2 Å². The molecule has 3 rings (SSSR count). The van der Waals surface area contributed by atoms with Gasteiger partial charge in [0, 0.05) is 18.7 Å². The van der Waals surface area contributed by atoms with Gasteiger partial charge in [0.15, 0.2) is 18.1 Å². The quantitative estimate of drug-likeness (QED) is 0.444. The summed E-state index contributed by atoms with van der Waals surface area (Å²) in [4.78, 5) is 16.2. The Morgan fingerprint density at radius 3 is 2.53 bits per heavy atom. The third kappa shape index (κ3) is 6.43. The van der Waals surface area contributed by atoms with E-state index in [4.69, 9.17) is 19.3 Å². The lowest BCUT2D eigenvalue weighted by molar-refractivity contribution is -0.123. The second-order valence-corrected chi connectivity index (χ2v) is 5.53. The minimum absolute atomic E-state index is 0. The Morgan fingerprint density at radius 2 is 1.80 bits per heavy atom. The van der Waals surface area contributed by atoms with Gasteiger partial charge in [-0.2, -0.15) is 5.10 Å². The number of hydrogen-bond acceptors (Lipinski definition) is 7. The van der Waals surface area contributed by atoms with Crippen LogP contribution in [0.3, 0.4) is 0 Å². The molecular formula is C21H25N3O6. The first-order valence-corrected chi connectivity index (χ1v) is 8.66. The van der Waals surface area contributed by atoms with Crippen LogP contribution in [0.2, 0.25) is 0 Å². The number of methoxy groups -OCH3 is 2. The highest BCUT2D eigenvalue weighted by Gasteiger charge is 2.06. The second kappa shape index (κ2) is 12.7. The summed E-state index contributed by atoms with van der Waals surface area (Å²) < 4.78 is 16.0. The lowest BCUT2D eigenvalue weighted by Crippen LogP contribution is -2.24. The van der Waals surface area contributed by atoms with Crippen LogP contribution in [0.4, 0.5) is 0 Å². The normalized spacial score (nSPS) is 9.87. The van der Waals surface area contributed by atoms with E-state index in [1.54, 1.807) is 44.7 Å². The molecule has 0 saturated heterocycles. The van der Waals surface area contributed by atoms with Crippen LogP contribution in [-0.4, -0.2) is 55.6 Å². The number of hydrazone groups is 1. The molecule has 160 valence electrons. The number of carbonyl (C=O) groups is 1. The third-order valence-corrected chi connectivity index (χ3v) is 3.76. The molecule has 0 saturated carbocycles. The molecule has 0 aliphatic heterocycles. The number of aliphatic hydroxyl groups is 1. The fraction of sp³-hybridized carbons (Fsp3) is 0.190. The predicted molar refractivity (Wildman–Crippen MR) is 114 cm³/mol. The Hall–Kier alpha value is -3.69. The maximum absolute atomic E-state index is 12.0. The molecule has 0 aliphatic carbocycles. The molecule has 4 N–H and O–H groups in total. The van der Waals surface area contributed by atoms with Gasteiger partial charge in [0.2, 0.25) is 0 Å². The van der Waals surface area contributed by atoms with E-state index in [1.165, 1.54) is 6.21 Å². The van der Waals surface area contributed by atoms with Gasteiger partial charge in [0.05, 0.1) is 20.4 Å². The SMILES string of the molecule is CO.COc1ccc(/C=N/NC(=O)COc2cccc3cccnc23)cc1OC.O. The number of aliphatic hydroxyl groups excluding tert-OH is 1. The second-order valence-electron chi connectivity index (χ2n) is 5.53. The number of fused-ring (bicyclic) bond motifs is 1. The number of ether oxygens (including phenoxy) is 3. The van der Waals surface area contributed by atoms with E-state index in [0.29, 0.717) is 22.8 Å². The Balaban J connectivity index is 0.00000146. The highest BCUT2D eigenvalue weighted by atomic mass is 16.5. The molecule has 2 aromatic carbocycles. The molecule has 30 heavy (non-hydrogen) atoms. The van der Waals surface area contributed by atoms with E-state index in [2.05, 4.69) is 15.5 Å². The number of nitrogens with one attached hydrogen (secondary N) is 1. The minimum atomic E-state index is -0.375. The number of para-hydroxylation sites is 1. The molecule has 0 aliphatic rings. The molecule has 0 atom stereocenters. The summed E-state index contributed by atoms with van der Waals surface area (Å²) in [6, 6.07) is 14.7. The van der Waals surface area contributed by atoms with Crippen molar-refractivity contribution in [2.24, 2.45) is 5.10 Å². The van der Waals surface area contributed by atoms with Gasteiger partial charge < -0.3 is 24.8 Å². The number of hydrogen-bond donors (Lipinski definition) is 2. The van der Waals surface area contributed by atoms with Crippen molar-refractivity contribution in [2.45, 2.75) is 0 Å². The number of benzene rings is 2. The smallest absolute Gasteiger partial charge is 0.277 e. The minimum Gasteiger partial charge on any atom is -0.493 e. The largest absolute Gasteiger partial charge is 0.493 e. The highest BCUT2D eigenvalue weighted by Crippen LogP contribution is 2.26. The molecule has 0 spiro atoms. The summed E-state index contributed by atoms with van der Waals surface area (Å²) in [6.07, 6.45) is 3.20. The maximum Gasteiger partial charge on any atom is 0.277 e. The third-order valence-electron chi connectivity index (χ3n) is 3.76. The van der Waals surface area contributed by atoms with Gasteiger partial charge in [0.25, 0.3) is 5.91 Å². The Bertz CT molecular complexity index is 973. The zero-order chi connectivity index (χ0) is 21.1. The number of nitrogens with zero attached hydrogens (tertiary/aromatic N) is 2. The number of aromatic nitrogens is 1. The first kappa shape index (κ1) is 24.3. The standard InChI is InChI=1S/C20H19N3O4.CH4O.H2O/c1-25-16-9-8-14(11-18(16)26-2)12-22-23-19(24)13-27-17-7-3-5-15-6-4-10-21-20(15)17;1-2;/h3-12H,13H2,1-2H3,(H,23,24);2H,1H3;1H2/b22-12+;;. The van der Waals surface area contributed by atoms with Gasteiger partial charge >= 0.3 is 0 Å². The van der Waals surface area contributed by atoms with Crippen LogP contribution in [0.25, 0.3) is 10.9 Å². The van der Waals surface area contributed by atoms with Crippen molar-refractivity contribution in [2.75, 3.05) is 27.9 Å². The van der Waals surface area contributed by atoms with Crippen LogP contribution < -0.4 is 19.6 Å². The van der Waals surface area contributed by atoms with Crippen molar-refractivity contribution in [3.63, 3.8) is 0 Å². The van der Waals surface area contributed by atoms with E-state index in [-0.39, 0.29) is 18.0 Å². The summed E-state index contributed by atoms with van der Waals surface area (Å²) in [5.74, 6) is 1.38. The Labute approximate surface area is 174 Å². The van der Waals surface area contributed by atoms with Gasteiger partial charge in [0.1, 0.15) is 11.3 Å². The topological polar surface area (TPSA) is 134 Å². The fourth-order valence-electron chi connectivity index (χ4n) is 2.48. The molecule has 3 aromatic rings. The molecule has 0 bridgehead atoms. The van der Waals surface area contributed by atoms with Crippen molar-refractivity contribution < 1.29 is 29.6 Å². The van der Waals surface area contributed by atoms with Gasteiger partial charge in [-0.15, -0.1) is 0 Å². The maximum atomic E-state index is 12.0. The van der Waals surface area contributed by atoms with Crippen molar-refractivity contribution >= 4 is 23.0 Å². The van der Waals surface area contributed by atoms with Crippen LogP contribution in [0.15, 0.2) is 59.8 Å². The number of amides is 1. The number of pyridine rings is 1. The average molecular weight is 415 g/mol. The van der Waals surface area contributed by atoms with Crippen molar-refractivity contribution in [3.05, 3.63) is 60.3 Å². The summed E-state index contributed by atoms with van der Waals surface area (Å²) in [5, 5.41) is 11.9. The van der Waals surface area contributed by atoms with E-state index in [0.717, 1.165) is 18.1 Å². The lowest BCUT2D eigenvalue weighted by Gasteiger charge is -2.08. The zero-order valence-electron chi connectivity index (χ0n) is 17.0. The highest BCUT2D eigenvalue weighted by molar-refractivity contribution is 5.86. The number of carbonyl (C=O) groups excluding carboxylic acids is 1. The van der Waals surface area contributed by atoms with Crippen LogP contribution in [0.1, 0.15) is 5.56 Å². The average Bonchev–Trinajstić information content (AvgIpc) is 2.78. The lowest BCUT2D eigenvalue weighted by atomic mass is 10.2. The van der Waals surface area contributed by atoms with Crippen LogP contribution in [-0.2, 0) is 4.79 Å². The van der Waals surface area contributed by atoms with Gasteiger partial charge in [-0.25, -0.2) is 5.43 Å². The van der Waals surface area contributed by atoms with Crippen molar-refractivity contribution in [3.8, 4) is 17.2 Å². The van der Waals surface area contributed by atoms with Crippen molar-refractivity contribution in [1.82, 2.24) is 10.4 Å². The summed E-state index contributed by atoms with van der Waals surface area (Å²) >= 11 is 0. The molecule has 1 heterocycles. The van der Waals surface area contributed by atoms with Crippen LogP contribution in [0, 0.1) is 0 Å². The summed E-state index contributed by atoms with van der Waals surface area (Å²) in [5.41, 5.74) is 3.90. The molecule has 1 amide bonds. The number of rotatable bonds is 7.